The van der Waals surface area contributed by atoms with Gasteiger partial charge in [0, 0.05) is 4.47 Å². The Bertz CT molecular complexity index is 569. The first kappa shape index (κ1) is 12.1. The highest BCUT2D eigenvalue weighted by Crippen LogP contribution is 2.19. The molecule has 1 aromatic heterocycles. The van der Waals surface area contributed by atoms with E-state index in [1.807, 2.05) is 39.0 Å². The van der Waals surface area contributed by atoms with E-state index in [9.17, 15) is 4.79 Å². The van der Waals surface area contributed by atoms with E-state index in [0.717, 1.165) is 15.5 Å². The lowest BCUT2D eigenvalue weighted by Gasteiger charge is -2.19. The lowest BCUT2D eigenvalue weighted by Crippen LogP contribution is -2.26. The van der Waals surface area contributed by atoms with Crippen molar-refractivity contribution < 1.29 is 9.53 Å². The van der Waals surface area contributed by atoms with Crippen LogP contribution in [0.2, 0.25) is 0 Å². The Morgan fingerprint density at radius 3 is 2.76 bits per heavy atom. The largest absolute Gasteiger partial charge is 0.443 e. The second kappa shape index (κ2) is 4.14. The van der Waals surface area contributed by atoms with Gasteiger partial charge in [0.1, 0.15) is 11.9 Å². The molecule has 0 amide bonds. The van der Waals surface area contributed by atoms with E-state index in [1.165, 1.54) is 10.9 Å². The lowest BCUT2D eigenvalue weighted by atomic mass is 10.2. The van der Waals surface area contributed by atoms with Crippen LogP contribution in [0.25, 0.3) is 11.0 Å². The summed E-state index contributed by atoms with van der Waals surface area (Å²) in [6.07, 6.45) is 1.06. The summed E-state index contributed by atoms with van der Waals surface area (Å²) >= 11 is 3.36. The van der Waals surface area contributed by atoms with Crippen molar-refractivity contribution in [1.82, 2.24) is 9.55 Å². The number of fused-ring (bicyclic) bond motifs is 1. The number of carbonyl (C=O) groups is 1. The fourth-order valence-corrected chi connectivity index (χ4v) is 1.79. The van der Waals surface area contributed by atoms with Crippen molar-refractivity contribution in [1.29, 1.82) is 0 Å². The molecule has 0 fully saturated rings. The first-order valence-corrected chi connectivity index (χ1v) is 6.02. The first-order chi connectivity index (χ1) is 7.87. The average Bonchev–Trinajstić information content (AvgIpc) is 2.57. The number of hydrogen-bond donors (Lipinski definition) is 0. The summed E-state index contributed by atoms with van der Waals surface area (Å²) in [6, 6.07) is 5.55. The summed E-state index contributed by atoms with van der Waals surface area (Å²) in [4.78, 5) is 16.1. The van der Waals surface area contributed by atoms with Gasteiger partial charge in [-0.1, -0.05) is 15.9 Å². The molecule has 0 saturated heterocycles. The van der Waals surface area contributed by atoms with Crippen LogP contribution in [-0.4, -0.2) is 21.2 Å². The maximum Gasteiger partial charge on any atom is 0.420 e. The van der Waals surface area contributed by atoms with Gasteiger partial charge in [0.15, 0.2) is 0 Å². The molecule has 0 aliphatic carbocycles. The Labute approximate surface area is 108 Å². The zero-order valence-electron chi connectivity index (χ0n) is 9.90. The van der Waals surface area contributed by atoms with Gasteiger partial charge in [0.05, 0.1) is 11.0 Å². The molecule has 0 radical (unpaired) electrons. The molecule has 0 bridgehead atoms. The summed E-state index contributed by atoms with van der Waals surface area (Å²) in [7, 11) is 0. The van der Waals surface area contributed by atoms with Gasteiger partial charge < -0.3 is 4.74 Å². The minimum atomic E-state index is -0.511. The van der Waals surface area contributed by atoms with E-state index in [1.54, 1.807) is 0 Å². The van der Waals surface area contributed by atoms with Crippen LogP contribution in [0.3, 0.4) is 0 Å². The highest BCUT2D eigenvalue weighted by molar-refractivity contribution is 9.10. The molecular formula is C12H13BrN2O2. The van der Waals surface area contributed by atoms with Crippen molar-refractivity contribution in [3.8, 4) is 0 Å². The molecule has 0 aliphatic heterocycles. The molecule has 4 nitrogen and oxygen atoms in total. The molecule has 0 unspecified atom stereocenters. The molecule has 0 spiro atoms. The van der Waals surface area contributed by atoms with E-state index in [-0.39, 0.29) is 0 Å². The zero-order chi connectivity index (χ0) is 12.6. The number of rotatable bonds is 0. The average molecular weight is 297 g/mol. The highest BCUT2D eigenvalue weighted by atomic mass is 79.9. The van der Waals surface area contributed by atoms with Gasteiger partial charge in [0.25, 0.3) is 0 Å². The van der Waals surface area contributed by atoms with Gasteiger partial charge >= 0.3 is 6.09 Å². The second-order valence-corrected chi connectivity index (χ2v) is 5.64. The SMILES string of the molecule is CC(C)(C)OC(=O)n1cnc2cc(Br)ccc21. The number of carbonyl (C=O) groups excluding carboxylic acids is 1. The number of benzene rings is 1. The van der Waals surface area contributed by atoms with Crippen molar-refractivity contribution in [2.75, 3.05) is 0 Å². The fourth-order valence-electron chi connectivity index (χ4n) is 1.44. The molecular weight excluding hydrogens is 284 g/mol. The molecule has 0 aliphatic rings. The van der Waals surface area contributed by atoms with Gasteiger partial charge in [-0.25, -0.2) is 14.3 Å². The summed E-state index contributed by atoms with van der Waals surface area (Å²) in [5.74, 6) is 0. The summed E-state index contributed by atoms with van der Waals surface area (Å²) in [5, 5.41) is 0. The van der Waals surface area contributed by atoms with Gasteiger partial charge in [-0.3, -0.25) is 0 Å². The molecule has 1 aromatic carbocycles. The third kappa shape index (κ3) is 2.66. The molecule has 2 aromatic rings. The summed E-state index contributed by atoms with van der Waals surface area (Å²) < 4.78 is 7.63. The first-order valence-electron chi connectivity index (χ1n) is 5.23. The third-order valence-corrected chi connectivity index (χ3v) is 2.59. The topological polar surface area (TPSA) is 44.1 Å². The van der Waals surface area contributed by atoms with Gasteiger partial charge in [-0.05, 0) is 39.0 Å². The third-order valence-electron chi connectivity index (χ3n) is 2.10. The zero-order valence-corrected chi connectivity index (χ0v) is 11.5. The molecule has 1 heterocycles. The Balaban J connectivity index is 2.40. The quantitative estimate of drug-likeness (QED) is 0.746. The number of halogens is 1. The minimum Gasteiger partial charge on any atom is -0.443 e. The smallest absolute Gasteiger partial charge is 0.420 e. The van der Waals surface area contributed by atoms with Crippen molar-refractivity contribution in [2.24, 2.45) is 0 Å². The van der Waals surface area contributed by atoms with Crippen LogP contribution in [0.1, 0.15) is 20.8 Å². The van der Waals surface area contributed by atoms with Gasteiger partial charge in [-0.2, -0.15) is 0 Å². The number of ether oxygens (including phenoxy) is 1. The van der Waals surface area contributed by atoms with Gasteiger partial charge in [-0.15, -0.1) is 0 Å². The predicted molar refractivity (Wildman–Crippen MR) is 69.1 cm³/mol. The fraction of sp³-hybridized carbons (Fsp3) is 0.333. The van der Waals surface area contributed by atoms with E-state index in [4.69, 9.17) is 4.74 Å². The van der Waals surface area contributed by atoms with E-state index in [2.05, 4.69) is 20.9 Å². The predicted octanol–water partition coefficient (Wildman–Crippen LogP) is 3.58. The van der Waals surface area contributed by atoms with E-state index < -0.39 is 11.7 Å². The number of aromatic nitrogens is 2. The normalized spacial score (nSPS) is 11.8. The van der Waals surface area contributed by atoms with Crippen LogP contribution in [0.5, 0.6) is 0 Å². The molecule has 2 rings (SSSR count). The van der Waals surface area contributed by atoms with Gasteiger partial charge in [0.2, 0.25) is 0 Å². The maximum atomic E-state index is 11.9. The molecule has 0 atom stereocenters. The number of nitrogens with zero attached hydrogens (tertiary/aromatic N) is 2. The van der Waals surface area contributed by atoms with Crippen LogP contribution in [0.4, 0.5) is 4.79 Å². The Morgan fingerprint density at radius 2 is 2.12 bits per heavy atom. The Hall–Kier alpha value is -1.36. The molecule has 0 N–H and O–H groups in total. The summed E-state index contributed by atoms with van der Waals surface area (Å²) in [5.41, 5.74) is 0.982. The monoisotopic (exact) mass is 296 g/mol. The Kier molecular flexibility index (Phi) is 2.95. The Morgan fingerprint density at radius 1 is 1.41 bits per heavy atom. The van der Waals surface area contributed by atoms with Crippen LogP contribution in [0.15, 0.2) is 29.0 Å². The molecule has 17 heavy (non-hydrogen) atoms. The highest BCUT2D eigenvalue weighted by Gasteiger charge is 2.19. The number of hydrogen-bond acceptors (Lipinski definition) is 3. The van der Waals surface area contributed by atoms with E-state index >= 15 is 0 Å². The lowest BCUT2D eigenvalue weighted by molar-refractivity contribution is 0.0543. The summed E-state index contributed by atoms with van der Waals surface area (Å²) in [6.45, 7) is 5.50. The van der Waals surface area contributed by atoms with Crippen molar-refractivity contribution in [3.63, 3.8) is 0 Å². The van der Waals surface area contributed by atoms with E-state index in [0.29, 0.717) is 0 Å². The molecule has 90 valence electrons. The maximum absolute atomic E-state index is 11.9. The standard InChI is InChI=1S/C12H13BrN2O2/c1-12(2,3)17-11(16)15-7-14-9-6-8(13)4-5-10(9)15/h4-7H,1-3H3. The van der Waals surface area contributed by atoms with Crippen LogP contribution in [0, 0.1) is 0 Å². The van der Waals surface area contributed by atoms with Crippen LogP contribution in [-0.2, 0) is 4.74 Å². The van der Waals surface area contributed by atoms with Crippen LogP contribution < -0.4 is 0 Å². The second-order valence-electron chi connectivity index (χ2n) is 4.73. The molecule has 5 heteroatoms. The van der Waals surface area contributed by atoms with Crippen molar-refractivity contribution >= 4 is 33.1 Å². The molecule has 0 saturated carbocycles. The van der Waals surface area contributed by atoms with Crippen molar-refractivity contribution in [3.05, 3.63) is 29.0 Å². The van der Waals surface area contributed by atoms with Crippen molar-refractivity contribution in [2.45, 2.75) is 26.4 Å². The number of imidazole rings is 1. The minimum absolute atomic E-state index is 0.415. The van der Waals surface area contributed by atoms with Crippen LogP contribution >= 0.6 is 15.9 Å².